The molecule has 5 aliphatic heterocycles. The van der Waals surface area contributed by atoms with E-state index in [1.807, 2.05) is 6.08 Å². The molecule has 0 aromatic carbocycles. The SMILES string of the molecule is CCCCCCCC/C=C\CCCCCCCCCCCCCCCC(=O)N[C@@H](CO[C@@H]1OC(CO)[C@@H](O[C@@H]2OC(CO)[C@H](O)[C@H](O[C@H]3OC(CO)[C@H](O)[C@H](O[C@@H]4OC(CO)[C@@H](O[C@@H]5OC(CO)[C@H](O)[C@H](O)C5O)[C@H](O)C4NC(C)=O)C3O)C2O)[C@H](O)C1O)[C@H](O)/C=C/CCCCCCCCCCCCC. The van der Waals surface area contributed by atoms with E-state index in [0.29, 0.717) is 12.8 Å². The molecule has 0 aliphatic carbocycles. The van der Waals surface area contributed by atoms with E-state index in [9.17, 15) is 91.3 Å². The zero-order valence-electron chi connectivity index (χ0n) is 63.2. The number of hydrogen-bond donors (Lipinski definition) is 18. The van der Waals surface area contributed by atoms with Gasteiger partial charge in [0.2, 0.25) is 11.8 Å². The molecule has 18 N–H and O–H groups in total. The van der Waals surface area contributed by atoms with Gasteiger partial charge in [-0.1, -0.05) is 205 Å². The van der Waals surface area contributed by atoms with E-state index in [1.54, 1.807) is 6.08 Å². The predicted octanol–water partition coefficient (Wildman–Crippen LogP) is 2.50. The summed E-state index contributed by atoms with van der Waals surface area (Å²) in [5, 5.41) is 182. The van der Waals surface area contributed by atoms with Gasteiger partial charge in [0.25, 0.3) is 0 Å². The van der Waals surface area contributed by atoms with Gasteiger partial charge in [-0.25, -0.2) is 0 Å². The number of carbonyl (C=O) groups is 2. The zero-order chi connectivity index (χ0) is 77.3. The second-order valence-corrected chi connectivity index (χ2v) is 29.6. The summed E-state index contributed by atoms with van der Waals surface area (Å²) >= 11 is 0. The van der Waals surface area contributed by atoms with Gasteiger partial charge in [0.05, 0.1) is 51.8 Å². The zero-order valence-corrected chi connectivity index (χ0v) is 63.2. The molecule has 0 aromatic rings. The van der Waals surface area contributed by atoms with Crippen LogP contribution in [0.15, 0.2) is 24.3 Å². The van der Waals surface area contributed by atoms with Crippen molar-refractivity contribution in [2.45, 2.75) is 405 Å². The lowest BCUT2D eigenvalue weighted by Crippen LogP contribution is -2.70. The first-order chi connectivity index (χ1) is 51.2. The number of carbonyl (C=O) groups excluding carboxylic acids is 2. The van der Waals surface area contributed by atoms with Gasteiger partial charge in [0.1, 0.15) is 122 Å². The van der Waals surface area contributed by atoms with Crippen LogP contribution >= 0.6 is 0 Å². The van der Waals surface area contributed by atoms with Crippen LogP contribution in [0.4, 0.5) is 0 Å². The molecule has 2 amide bonds. The molecule has 10 unspecified atom stereocenters. The first kappa shape index (κ1) is 94.0. The molecule has 27 atom stereocenters. The van der Waals surface area contributed by atoms with Crippen LogP contribution in [-0.4, -0.2) is 299 Å². The maximum atomic E-state index is 13.5. The van der Waals surface area contributed by atoms with Crippen LogP contribution in [0.5, 0.6) is 0 Å². The van der Waals surface area contributed by atoms with Gasteiger partial charge in [0.15, 0.2) is 31.5 Å². The highest BCUT2D eigenvalue weighted by Gasteiger charge is 2.57. The van der Waals surface area contributed by atoms with E-state index < -0.39 is 211 Å². The molecule has 0 spiro atoms. The molecule has 5 rings (SSSR count). The summed E-state index contributed by atoms with van der Waals surface area (Å²) in [6, 6.07) is -2.78. The van der Waals surface area contributed by atoms with Crippen LogP contribution in [0, 0.1) is 0 Å². The Labute approximate surface area is 627 Å². The van der Waals surface area contributed by atoms with E-state index in [4.69, 9.17) is 47.4 Å². The highest BCUT2D eigenvalue weighted by Crippen LogP contribution is 2.37. The lowest BCUT2D eigenvalue weighted by atomic mass is 9.94. The van der Waals surface area contributed by atoms with Crippen LogP contribution in [-0.2, 0) is 57.0 Å². The van der Waals surface area contributed by atoms with Crippen molar-refractivity contribution in [1.29, 1.82) is 0 Å². The molecule has 0 radical (unpaired) electrons. The summed E-state index contributed by atoms with van der Waals surface area (Å²) in [5.74, 6) is -1.14. The molecule has 106 heavy (non-hydrogen) atoms. The smallest absolute Gasteiger partial charge is 0.220 e. The standard InChI is InChI=1S/C76H138N2O28/c1-4-6-8-10-12-14-16-18-19-20-21-22-23-24-25-26-27-29-31-33-35-37-39-41-56(86)78-49(50(85)40-38-36-34-32-30-28-17-15-13-11-9-7-5-2)47-97-73-65(94)63(92)69(55(46-83)102-73)104-75-67(96)71(60(89)53(44-81)99-75)106-76-66(95)70(59(88)52(43-80)100-76)105-72-57(77-48(3)84)61(90)68(54(45-82)101-72)103-74-64(93)62(91)58(87)51(42-79)98-74/h18-19,38,40,49-55,57-76,79-83,85,87-96H,4-17,20-37,39,41-47H2,1-3H3,(H,77,84)(H,78,86)/b19-18-,40-38+/t49-,50+,51?,52?,53?,54?,55?,57?,58-,59-,60-,61+,62-,63+,64?,65?,66?,67?,68+,69+,70-,71-,72-,73+,74-,75-,76+/m0/s1. The van der Waals surface area contributed by atoms with E-state index in [2.05, 4.69) is 36.6 Å². The number of aliphatic hydroxyl groups excluding tert-OH is 16. The van der Waals surface area contributed by atoms with Gasteiger partial charge in [-0.15, -0.1) is 0 Å². The van der Waals surface area contributed by atoms with Crippen LogP contribution in [0.2, 0.25) is 0 Å². The van der Waals surface area contributed by atoms with Gasteiger partial charge in [-0.3, -0.25) is 9.59 Å². The van der Waals surface area contributed by atoms with Crippen LogP contribution < -0.4 is 10.6 Å². The lowest BCUT2D eigenvalue weighted by Gasteiger charge is -2.50. The molecule has 5 saturated heterocycles. The molecule has 30 nitrogen and oxygen atoms in total. The average Bonchev–Trinajstić information content (AvgIpc) is 0.771. The second-order valence-electron chi connectivity index (χ2n) is 29.6. The molecule has 620 valence electrons. The number of nitrogens with one attached hydrogen (secondary N) is 2. The van der Waals surface area contributed by atoms with Crippen molar-refractivity contribution in [3.63, 3.8) is 0 Å². The molecular formula is C76H138N2O28. The Morgan fingerprint density at radius 2 is 0.708 bits per heavy atom. The van der Waals surface area contributed by atoms with Crippen molar-refractivity contribution in [3.05, 3.63) is 24.3 Å². The fraction of sp³-hybridized carbons (Fsp3) is 0.921. The summed E-state index contributed by atoms with van der Waals surface area (Å²) in [5.41, 5.74) is 0. The normalized spacial score (nSPS) is 34.4. The molecule has 0 saturated carbocycles. The van der Waals surface area contributed by atoms with Gasteiger partial charge < -0.3 is 140 Å². The minimum Gasteiger partial charge on any atom is -0.394 e. The Morgan fingerprint density at radius 1 is 0.368 bits per heavy atom. The fourth-order valence-corrected chi connectivity index (χ4v) is 14.3. The Hall–Kier alpha value is -2.62. The third-order valence-corrected chi connectivity index (χ3v) is 20.9. The maximum Gasteiger partial charge on any atom is 0.220 e. The number of aliphatic hydroxyl groups is 16. The Kier molecular flexibility index (Phi) is 47.3. The lowest BCUT2D eigenvalue weighted by molar-refractivity contribution is -0.390. The summed E-state index contributed by atoms with van der Waals surface area (Å²) in [6.45, 7) is 0.352. The first-order valence-corrected chi connectivity index (χ1v) is 40.1. The molecule has 5 fully saturated rings. The first-order valence-electron chi connectivity index (χ1n) is 40.1. The number of amides is 2. The minimum atomic E-state index is -2.21. The Balaban J connectivity index is 1.15. The van der Waals surface area contributed by atoms with E-state index in [0.717, 1.165) is 58.3 Å². The van der Waals surface area contributed by atoms with Crippen molar-refractivity contribution in [3.8, 4) is 0 Å². The quantitative estimate of drug-likeness (QED) is 0.0307. The van der Waals surface area contributed by atoms with Crippen molar-refractivity contribution < 1.29 is 139 Å². The highest BCUT2D eigenvalue weighted by atomic mass is 16.8. The third kappa shape index (κ3) is 31.4. The number of unbranched alkanes of at least 4 members (excludes halogenated alkanes) is 30. The molecule has 0 aromatic heterocycles. The van der Waals surface area contributed by atoms with E-state index >= 15 is 0 Å². The number of ether oxygens (including phenoxy) is 10. The number of allylic oxidation sites excluding steroid dienone is 3. The largest absolute Gasteiger partial charge is 0.394 e. The highest BCUT2D eigenvalue weighted by molar-refractivity contribution is 5.76. The van der Waals surface area contributed by atoms with Crippen molar-refractivity contribution in [2.24, 2.45) is 0 Å². The fourth-order valence-electron chi connectivity index (χ4n) is 14.3. The Bertz CT molecular complexity index is 2340. The van der Waals surface area contributed by atoms with Crippen LogP contribution in [0.3, 0.4) is 0 Å². The van der Waals surface area contributed by atoms with Crippen molar-refractivity contribution >= 4 is 11.8 Å². The van der Waals surface area contributed by atoms with E-state index in [1.165, 1.54) is 148 Å². The number of rotatable bonds is 55. The second kappa shape index (κ2) is 53.4. The third-order valence-electron chi connectivity index (χ3n) is 20.9. The van der Waals surface area contributed by atoms with Gasteiger partial charge in [-0.05, 0) is 44.9 Å². The van der Waals surface area contributed by atoms with Crippen molar-refractivity contribution in [2.75, 3.05) is 39.6 Å². The average molecular weight is 1530 g/mol. The number of hydrogen-bond acceptors (Lipinski definition) is 28. The van der Waals surface area contributed by atoms with Gasteiger partial charge >= 0.3 is 0 Å². The monoisotopic (exact) mass is 1530 g/mol. The molecule has 0 bridgehead atoms. The Morgan fingerprint density at radius 3 is 1.13 bits per heavy atom. The summed E-state index contributed by atoms with van der Waals surface area (Å²) in [6.07, 6.45) is 0.775. The van der Waals surface area contributed by atoms with E-state index in [-0.39, 0.29) is 12.3 Å². The molecule has 30 heteroatoms. The van der Waals surface area contributed by atoms with Gasteiger partial charge in [-0.2, -0.15) is 0 Å². The maximum absolute atomic E-state index is 13.5. The van der Waals surface area contributed by atoms with Crippen molar-refractivity contribution in [1.82, 2.24) is 10.6 Å². The molecule has 5 aliphatic rings. The topological polar surface area (TPSA) is 474 Å². The summed E-state index contributed by atoms with van der Waals surface area (Å²) in [7, 11) is 0. The van der Waals surface area contributed by atoms with Crippen LogP contribution in [0.1, 0.15) is 239 Å². The molecular weight excluding hydrogens is 1390 g/mol. The minimum absolute atomic E-state index is 0.189. The van der Waals surface area contributed by atoms with Crippen LogP contribution in [0.25, 0.3) is 0 Å². The predicted molar refractivity (Wildman–Crippen MR) is 386 cm³/mol. The van der Waals surface area contributed by atoms with Gasteiger partial charge in [0, 0.05) is 13.3 Å². The molecule has 5 heterocycles. The summed E-state index contributed by atoms with van der Waals surface area (Å²) in [4.78, 5) is 26.1. The summed E-state index contributed by atoms with van der Waals surface area (Å²) < 4.78 is 58.4.